The lowest BCUT2D eigenvalue weighted by atomic mass is 10.1. The smallest absolute Gasteiger partial charge is 0.340 e. The second kappa shape index (κ2) is 2.85. The molecule has 4 heteroatoms. The van der Waals surface area contributed by atoms with Gasteiger partial charge in [0.1, 0.15) is 12.3 Å². The van der Waals surface area contributed by atoms with Crippen LogP contribution in [-0.2, 0) is 11.3 Å². The lowest BCUT2D eigenvalue weighted by Gasteiger charge is -1.94. The molecule has 0 radical (unpaired) electrons. The van der Waals surface area contributed by atoms with Crippen molar-refractivity contribution in [2.75, 3.05) is 0 Å². The number of carbonyl (C=O) groups excluding carboxylic acids is 1. The normalized spacial score (nSPS) is 14.2. The van der Waals surface area contributed by atoms with Crippen molar-refractivity contribution in [2.24, 2.45) is 0 Å². The van der Waals surface area contributed by atoms with Crippen molar-refractivity contribution in [3.8, 4) is 0 Å². The van der Waals surface area contributed by atoms with E-state index < -0.39 is 0 Å². The van der Waals surface area contributed by atoms with Gasteiger partial charge in [-0.15, -0.1) is 0 Å². The Labute approximate surface area is 96.2 Å². The maximum Gasteiger partial charge on any atom is 0.340 e. The molecule has 4 nitrogen and oxygen atoms in total. The first-order valence-electron chi connectivity index (χ1n) is 5.40. The predicted octanol–water partition coefficient (Wildman–Crippen LogP) is 2.39. The summed E-state index contributed by atoms with van der Waals surface area (Å²) >= 11 is 0. The number of aromatic amines is 1. The Morgan fingerprint density at radius 3 is 3.06 bits per heavy atom. The maximum absolute atomic E-state index is 11.5. The molecule has 0 saturated heterocycles. The predicted molar refractivity (Wildman–Crippen MR) is 62.7 cm³/mol. The first-order valence-corrected chi connectivity index (χ1v) is 5.40. The molecule has 4 rings (SSSR count). The topological polar surface area (TPSA) is 55.0 Å². The number of aromatic nitrogens is 2. The number of nitrogens with zero attached hydrogens (tertiary/aromatic N) is 1. The number of cyclic esters (lactones) is 1. The van der Waals surface area contributed by atoms with Crippen molar-refractivity contribution in [1.29, 1.82) is 0 Å². The molecule has 1 aromatic carbocycles. The van der Waals surface area contributed by atoms with E-state index in [4.69, 9.17) is 4.74 Å². The van der Waals surface area contributed by atoms with Crippen LogP contribution in [0.4, 0.5) is 0 Å². The molecule has 0 fully saturated rings. The molecule has 0 amide bonds. The maximum atomic E-state index is 11.5. The number of benzene rings is 1. The van der Waals surface area contributed by atoms with E-state index in [-0.39, 0.29) is 12.6 Å². The molecule has 17 heavy (non-hydrogen) atoms. The highest BCUT2D eigenvalue weighted by Gasteiger charge is 2.24. The van der Waals surface area contributed by atoms with Crippen molar-refractivity contribution in [2.45, 2.75) is 6.61 Å². The summed E-state index contributed by atoms with van der Waals surface area (Å²) in [4.78, 5) is 19.2. The number of esters is 1. The molecule has 0 bridgehead atoms. The van der Waals surface area contributed by atoms with Crippen LogP contribution in [0.25, 0.3) is 21.9 Å². The van der Waals surface area contributed by atoms with Crippen molar-refractivity contribution in [3.05, 3.63) is 41.6 Å². The van der Waals surface area contributed by atoms with Crippen LogP contribution in [0, 0.1) is 0 Å². The summed E-state index contributed by atoms with van der Waals surface area (Å²) < 4.78 is 4.96. The molecule has 3 aromatic rings. The molecule has 0 unspecified atom stereocenters. The van der Waals surface area contributed by atoms with Gasteiger partial charge in [0.05, 0.1) is 11.3 Å². The molecular weight excluding hydrogens is 216 g/mol. The fourth-order valence-corrected chi connectivity index (χ4v) is 2.30. The summed E-state index contributed by atoms with van der Waals surface area (Å²) in [7, 11) is 0. The van der Waals surface area contributed by atoms with Gasteiger partial charge in [-0.2, -0.15) is 0 Å². The largest absolute Gasteiger partial charge is 0.455 e. The Morgan fingerprint density at radius 2 is 2.12 bits per heavy atom. The zero-order valence-electron chi connectivity index (χ0n) is 8.86. The van der Waals surface area contributed by atoms with Gasteiger partial charge in [0.15, 0.2) is 0 Å². The van der Waals surface area contributed by atoms with E-state index in [1.165, 1.54) is 0 Å². The van der Waals surface area contributed by atoms with E-state index in [1.54, 1.807) is 0 Å². The molecule has 3 heterocycles. The van der Waals surface area contributed by atoms with Crippen LogP contribution in [0.15, 0.2) is 30.3 Å². The van der Waals surface area contributed by atoms with Gasteiger partial charge in [0.25, 0.3) is 0 Å². The molecule has 0 saturated carbocycles. The monoisotopic (exact) mass is 224 g/mol. The summed E-state index contributed by atoms with van der Waals surface area (Å²) in [6.07, 6.45) is 0. The van der Waals surface area contributed by atoms with Crippen LogP contribution in [0.3, 0.4) is 0 Å². The van der Waals surface area contributed by atoms with Crippen LogP contribution < -0.4 is 0 Å². The summed E-state index contributed by atoms with van der Waals surface area (Å²) in [5.41, 5.74) is 3.15. The zero-order valence-corrected chi connectivity index (χ0v) is 8.86. The van der Waals surface area contributed by atoms with Crippen LogP contribution >= 0.6 is 0 Å². The number of para-hydroxylation sites is 1. The molecule has 0 aliphatic carbocycles. The van der Waals surface area contributed by atoms with E-state index >= 15 is 0 Å². The van der Waals surface area contributed by atoms with E-state index in [0.717, 1.165) is 21.9 Å². The second-order valence-corrected chi connectivity index (χ2v) is 4.13. The molecular formula is C13H8N2O2. The van der Waals surface area contributed by atoms with Crippen molar-refractivity contribution in [3.63, 3.8) is 0 Å². The minimum Gasteiger partial charge on any atom is -0.455 e. The average molecular weight is 224 g/mol. The number of fused-ring (bicyclic) bond motifs is 4. The molecule has 2 aromatic heterocycles. The Balaban J connectivity index is 2.19. The fraction of sp³-hybridized carbons (Fsp3) is 0.0769. The number of ether oxygens (including phenoxy) is 1. The highest BCUT2D eigenvalue weighted by Crippen LogP contribution is 2.28. The van der Waals surface area contributed by atoms with Gasteiger partial charge in [-0.25, -0.2) is 9.78 Å². The second-order valence-electron chi connectivity index (χ2n) is 4.13. The molecule has 1 aliphatic rings. The third kappa shape index (κ3) is 1.07. The van der Waals surface area contributed by atoms with Gasteiger partial charge in [-0.3, -0.25) is 0 Å². The third-order valence-electron chi connectivity index (χ3n) is 3.13. The minimum absolute atomic E-state index is 0.277. The number of rotatable bonds is 0. The van der Waals surface area contributed by atoms with Crippen LogP contribution in [0.1, 0.15) is 16.1 Å². The summed E-state index contributed by atoms with van der Waals surface area (Å²) in [6, 6.07) is 9.83. The highest BCUT2D eigenvalue weighted by atomic mass is 16.5. The number of pyridine rings is 1. The Hall–Kier alpha value is -2.36. The lowest BCUT2D eigenvalue weighted by Crippen LogP contribution is -1.94. The van der Waals surface area contributed by atoms with Crippen LogP contribution in [0.2, 0.25) is 0 Å². The van der Waals surface area contributed by atoms with Crippen LogP contribution in [-0.4, -0.2) is 15.9 Å². The highest BCUT2D eigenvalue weighted by molar-refractivity contribution is 6.08. The van der Waals surface area contributed by atoms with Crippen molar-refractivity contribution >= 4 is 27.9 Å². The molecule has 82 valence electrons. The number of hydrogen-bond acceptors (Lipinski definition) is 3. The first-order chi connectivity index (χ1) is 8.33. The summed E-state index contributed by atoms with van der Waals surface area (Å²) in [5.74, 6) is -0.278. The molecule has 0 atom stereocenters. The standard InChI is InChI=1S/C13H8N2O2/c16-13-9-5-8-7-3-1-2-4-10(7)14-12(8)15-11(9)6-17-13/h1-5H,6H2,(H,14,15). The molecule has 0 spiro atoms. The van der Waals surface area contributed by atoms with E-state index in [2.05, 4.69) is 9.97 Å². The number of hydrogen-bond donors (Lipinski definition) is 1. The summed E-state index contributed by atoms with van der Waals surface area (Å²) in [6.45, 7) is 0.277. The van der Waals surface area contributed by atoms with Gasteiger partial charge >= 0.3 is 5.97 Å². The molecule has 1 aliphatic heterocycles. The van der Waals surface area contributed by atoms with E-state index in [9.17, 15) is 4.79 Å². The average Bonchev–Trinajstić information content (AvgIpc) is 2.88. The Morgan fingerprint density at radius 1 is 1.24 bits per heavy atom. The van der Waals surface area contributed by atoms with Gasteiger partial charge in [-0.05, 0) is 12.1 Å². The Kier molecular flexibility index (Phi) is 1.47. The minimum atomic E-state index is -0.278. The Bertz CT molecular complexity index is 774. The first kappa shape index (κ1) is 8.75. The van der Waals surface area contributed by atoms with Gasteiger partial charge in [0, 0.05) is 16.3 Å². The lowest BCUT2D eigenvalue weighted by molar-refractivity contribution is 0.0533. The van der Waals surface area contributed by atoms with Gasteiger partial charge in [0.2, 0.25) is 0 Å². The fourth-order valence-electron chi connectivity index (χ4n) is 2.30. The third-order valence-corrected chi connectivity index (χ3v) is 3.13. The summed E-state index contributed by atoms with van der Waals surface area (Å²) in [5, 5.41) is 2.05. The van der Waals surface area contributed by atoms with E-state index in [0.29, 0.717) is 11.3 Å². The van der Waals surface area contributed by atoms with Crippen molar-refractivity contribution in [1.82, 2.24) is 9.97 Å². The van der Waals surface area contributed by atoms with Gasteiger partial charge < -0.3 is 9.72 Å². The van der Waals surface area contributed by atoms with Crippen LogP contribution in [0.5, 0.6) is 0 Å². The number of H-pyrrole nitrogens is 1. The zero-order chi connectivity index (χ0) is 11.4. The van der Waals surface area contributed by atoms with E-state index in [1.807, 2.05) is 30.3 Å². The quantitative estimate of drug-likeness (QED) is 0.596. The SMILES string of the molecule is O=C1OCc2nc3[nH]c4ccccc4c3cc21. The number of carbonyl (C=O) groups is 1. The number of nitrogens with one attached hydrogen (secondary N) is 1. The molecule has 1 N–H and O–H groups in total. The van der Waals surface area contributed by atoms with Crippen molar-refractivity contribution < 1.29 is 9.53 Å². The van der Waals surface area contributed by atoms with Gasteiger partial charge in [-0.1, -0.05) is 18.2 Å².